The molecule has 0 saturated carbocycles. The van der Waals surface area contributed by atoms with Crippen molar-refractivity contribution < 1.29 is 14.3 Å². The van der Waals surface area contributed by atoms with E-state index in [4.69, 9.17) is 9.47 Å². The fourth-order valence-corrected chi connectivity index (χ4v) is 2.12. The molecule has 0 aromatic carbocycles. The quantitative estimate of drug-likeness (QED) is 0.475. The van der Waals surface area contributed by atoms with Crippen molar-refractivity contribution in [2.24, 2.45) is 0 Å². The summed E-state index contributed by atoms with van der Waals surface area (Å²) >= 11 is 0. The van der Waals surface area contributed by atoms with Crippen LogP contribution in [0.5, 0.6) is 0 Å². The third-order valence-corrected chi connectivity index (χ3v) is 3.25. The van der Waals surface area contributed by atoms with Crippen LogP contribution in [0.25, 0.3) is 0 Å². The summed E-state index contributed by atoms with van der Waals surface area (Å²) in [5, 5.41) is 3.45. The summed E-state index contributed by atoms with van der Waals surface area (Å²) in [6, 6.07) is 0. The van der Waals surface area contributed by atoms with Gasteiger partial charge in [-0.05, 0) is 26.3 Å². The van der Waals surface area contributed by atoms with Crippen LogP contribution in [0.2, 0.25) is 0 Å². The Morgan fingerprint density at radius 3 is 2.74 bits per heavy atom. The molecule has 1 heterocycles. The number of unbranched alkanes of at least 4 members (excludes halogenated alkanes) is 2. The van der Waals surface area contributed by atoms with Crippen LogP contribution in [0.3, 0.4) is 0 Å². The fourth-order valence-electron chi connectivity index (χ4n) is 2.12. The van der Waals surface area contributed by atoms with Gasteiger partial charge in [-0.15, -0.1) is 0 Å². The summed E-state index contributed by atoms with van der Waals surface area (Å²) < 4.78 is 10.2. The molecule has 1 aliphatic rings. The fraction of sp³-hybridized carbons (Fsp3) is 0.929. The van der Waals surface area contributed by atoms with Gasteiger partial charge in [-0.1, -0.05) is 6.42 Å². The van der Waals surface area contributed by atoms with E-state index in [1.807, 2.05) is 6.92 Å². The van der Waals surface area contributed by atoms with Gasteiger partial charge >= 0.3 is 5.97 Å². The smallest absolute Gasteiger partial charge is 0.305 e. The van der Waals surface area contributed by atoms with Gasteiger partial charge in [-0.3, -0.25) is 9.69 Å². The van der Waals surface area contributed by atoms with E-state index in [1.54, 1.807) is 0 Å². The lowest BCUT2D eigenvalue weighted by Gasteiger charge is -2.26. The highest BCUT2D eigenvalue weighted by Gasteiger charge is 2.08. The van der Waals surface area contributed by atoms with Gasteiger partial charge in [0.1, 0.15) is 0 Å². The lowest BCUT2D eigenvalue weighted by Crippen LogP contribution is -2.40. The molecule has 5 heteroatoms. The maximum Gasteiger partial charge on any atom is 0.305 e. The van der Waals surface area contributed by atoms with Crippen molar-refractivity contribution in [1.82, 2.24) is 10.2 Å². The first-order valence-electron chi connectivity index (χ1n) is 7.49. The van der Waals surface area contributed by atoms with Crippen molar-refractivity contribution in [2.75, 3.05) is 52.5 Å². The third kappa shape index (κ3) is 8.97. The van der Waals surface area contributed by atoms with Gasteiger partial charge in [-0.25, -0.2) is 0 Å². The standard InChI is InChI=1S/C14H28N2O3/c1-2-19-14(17)6-4-3-5-7-15-8-9-16-10-12-18-13-11-16/h15H,2-13H2,1H3. The molecule has 1 aliphatic heterocycles. The van der Waals surface area contributed by atoms with E-state index in [9.17, 15) is 4.79 Å². The Kier molecular flexibility index (Phi) is 9.67. The van der Waals surface area contributed by atoms with Gasteiger partial charge in [0, 0.05) is 32.6 Å². The number of carbonyl (C=O) groups excluding carboxylic acids is 1. The molecule has 1 fully saturated rings. The van der Waals surface area contributed by atoms with Crippen molar-refractivity contribution >= 4 is 5.97 Å². The summed E-state index contributed by atoms with van der Waals surface area (Å²) in [5.41, 5.74) is 0. The second kappa shape index (κ2) is 11.2. The first kappa shape index (κ1) is 16.4. The summed E-state index contributed by atoms with van der Waals surface area (Å²) in [4.78, 5) is 13.5. The van der Waals surface area contributed by atoms with Crippen LogP contribution < -0.4 is 5.32 Å². The van der Waals surface area contributed by atoms with Gasteiger partial charge in [0.2, 0.25) is 0 Å². The van der Waals surface area contributed by atoms with Gasteiger partial charge in [0.15, 0.2) is 0 Å². The summed E-state index contributed by atoms with van der Waals surface area (Å²) in [5.74, 6) is -0.0669. The second-order valence-electron chi connectivity index (χ2n) is 4.82. The number of carbonyl (C=O) groups is 1. The minimum absolute atomic E-state index is 0.0669. The molecule has 0 radical (unpaired) electrons. The Morgan fingerprint density at radius 1 is 1.21 bits per heavy atom. The van der Waals surface area contributed by atoms with E-state index in [0.717, 1.165) is 65.2 Å². The molecule has 0 aromatic rings. The maximum absolute atomic E-state index is 11.1. The molecule has 0 spiro atoms. The molecular formula is C14H28N2O3. The third-order valence-electron chi connectivity index (χ3n) is 3.25. The number of ether oxygens (including phenoxy) is 2. The zero-order valence-corrected chi connectivity index (χ0v) is 12.2. The largest absolute Gasteiger partial charge is 0.466 e. The van der Waals surface area contributed by atoms with Crippen LogP contribution in [0.1, 0.15) is 32.6 Å². The Morgan fingerprint density at radius 2 is 2.00 bits per heavy atom. The molecule has 19 heavy (non-hydrogen) atoms. The number of hydrogen-bond donors (Lipinski definition) is 1. The highest BCUT2D eigenvalue weighted by atomic mass is 16.5. The molecule has 112 valence electrons. The van der Waals surface area contributed by atoms with Gasteiger partial charge in [0.25, 0.3) is 0 Å². The van der Waals surface area contributed by atoms with Crippen LogP contribution >= 0.6 is 0 Å². The molecule has 1 saturated heterocycles. The normalized spacial score (nSPS) is 16.5. The first-order valence-corrected chi connectivity index (χ1v) is 7.49. The van der Waals surface area contributed by atoms with Gasteiger partial charge < -0.3 is 14.8 Å². The Hall–Kier alpha value is -0.650. The topological polar surface area (TPSA) is 50.8 Å². The zero-order valence-electron chi connectivity index (χ0n) is 12.2. The Balaban J connectivity index is 1.79. The minimum atomic E-state index is -0.0669. The zero-order chi connectivity index (χ0) is 13.8. The van der Waals surface area contributed by atoms with E-state index in [-0.39, 0.29) is 5.97 Å². The first-order chi connectivity index (χ1) is 9.33. The average Bonchev–Trinajstić information content (AvgIpc) is 2.43. The van der Waals surface area contributed by atoms with E-state index in [2.05, 4.69) is 10.2 Å². The van der Waals surface area contributed by atoms with Crippen molar-refractivity contribution in [3.05, 3.63) is 0 Å². The Bertz CT molecular complexity index is 231. The van der Waals surface area contributed by atoms with E-state index in [0.29, 0.717) is 13.0 Å². The second-order valence-corrected chi connectivity index (χ2v) is 4.82. The summed E-state index contributed by atoms with van der Waals surface area (Å²) in [6.07, 6.45) is 3.71. The van der Waals surface area contributed by atoms with E-state index >= 15 is 0 Å². The molecular weight excluding hydrogens is 244 g/mol. The molecule has 1 N–H and O–H groups in total. The molecule has 0 amide bonds. The van der Waals surface area contributed by atoms with E-state index < -0.39 is 0 Å². The SMILES string of the molecule is CCOC(=O)CCCCCNCCN1CCOCC1. The highest BCUT2D eigenvalue weighted by Crippen LogP contribution is 2.00. The molecule has 0 atom stereocenters. The highest BCUT2D eigenvalue weighted by molar-refractivity contribution is 5.69. The van der Waals surface area contributed by atoms with E-state index in [1.165, 1.54) is 0 Å². The number of esters is 1. The predicted octanol–water partition coefficient (Wildman–Crippen LogP) is 1.03. The van der Waals surface area contributed by atoms with Gasteiger partial charge in [-0.2, -0.15) is 0 Å². The lowest BCUT2D eigenvalue weighted by atomic mass is 10.2. The Labute approximate surface area is 116 Å². The number of rotatable bonds is 10. The number of hydrogen-bond acceptors (Lipinski definition) is 5. The lowest BCUT2D eigenvalue weighted by molar-refractivity contribution is -0.143. The molecule has 1 rings (SSSR count). The molecule has 0 bridgehead atoms. The van der Waals surface area contributed by atoms with Crippen LogP contribution in [-0.4, -0.2) is 63.4 Å². The minimum Gasteiger partial charge on any atom is -0.466 e. The van der Waals surface area contributed by atoms with Crippen molar-refractivity contribution in [3.8, 4) is 0 Å². The molecule has 5 nitrogen and oxygen atoms in total. The van der Waals surface area contributed by atoms with Crippen molar-refractivity contribution in [2.45, 2.75) is 32.6 Å². The van der Waals surface area contributed by atoms with Gasteiger partial charge in [0.05, 0.1) is 19.8 Å². The van der Waals surface area contributed by atoms with Crippen LogP contribution in [0.4, 0.5) is 0 Å². The maximum atomic E-state index is 11.1. The van der Waals surface area contributed by atoms with Crippen molar-refractivity contribution in [3.63, 3.8) is 0 Å². The summed E-state index contributed by atoms with van der Waals surface area (Å²) in [7, 11) is 0. The average molecular weight is 272 g/mol. The predicted molar refractivity (Wildman–Crippen MR) is 75.2 cm³/mol. The van der Waals surface area contributed by atoms with Crippen LogP contribution in [0, 0.1) is 0 Å². The van der Waals surface area contributed by atoms with Crippen LogP contribution in [-0.2, 0) is 14.3 Å². The van der Waals surface area contributed by atoms with Crippen LogP contribution in [0.15, 0.2) is 0 Å². The summed E-state index contributed by atoms with van der Waals surface area (Å²) in [6.45, 7) is 9.36. The number of nitrogens with zero attached hydrogens (tertiary/aromatic N) is 1. The number of nitrogens with one attached hydrogen (secondary N) is 1. The monoisotopic (exact) mass is 272 g/mol. The number of morpholine rings is 1. The van der Waals surface area contributed by atoms with Crippen molar-refractivity contribution in [1.29, 1.82) is 0 Å². The molecule has 0 aliphatic carbocycles. The molecule has 0 unspecified atom stereocenters. The molecule has 0 aromatic heterocycles.